The lowest BCUT2D eigenvalue weighted by Gasteiger charge is -2.33. The lowest BCUT2D eigenvalue weighted by atomic mass is 10.0. The highest BCUT2D eigenvalue weighted by atomic mass is 32.2. The second-order valence-corrected chi connectivity index (χ2v) is 8.83. The standard InChI is InChI=1S/C22H32N2O5S/c1-4-29-22(28)17(11-10-16-8-6-5-7-9-16)23-18-13-30-14-19(15(2)3)24(21(18)27)12-20(25)26/h5-9,15,17-19,23H,4,10-14H2,1-3H3,(H,25,26). The van der Waals surface area contributed by atoms with Gasteiger partial charge in [0.05, 0.1) is 12.6 Å². The maximum atomic E-state index is 13.2. The quantitative estimate of drug-likeness (QED) is 0.543. The van der Waals surface area contributed by atoms with Crippen LogP contribution < -0.4 is 5.32 Å². The fourth-order valence-corrected chi connectivity index (χ4v) is 4.97. The van der Waals surface area contributed by atoms with Crippen molar-refractivity contribution in [2.24, 2.45) is 5.92 Å². The number of aliphatic carboxylic acids is 1. The first-order valence-electron chi connectivity index (χ1n) is 10.4. The third kappa shape index (κ3) is 7.02. The number of ether oxygens (including phenoxy) is 1. The molecule has 3 atom stereocenters. The molecular weight excluding hydrogens is 404 g/mol. The van der Waals surface area contributed by atoms with Gasteiger partial charge in [-0.15, -0.1) is 0 Å². The number of aryl methyl sites for hydroxylation is 1. The molecule has 0 spiro atoms. The molecule has 2 rings (SSSR count). The van der Waals surface area contributed by atoms with Gasteiger partial charge in [0.15, 0.2) is 0 Å². The predicted molar refractivity (Wildman–Crippen MR) is 117 cm³/mol. The van der Waals surface area contributed by atoms with E-state index in [1.807, 2.05) is 44.2 Å². The summed E-state index contributed by atoms with van der Waals surface area (Å²) in [5.74, 6) is -0.400. The molecule has 1 aromatic carbocycles. The second kappa shape index (κ2) is 12.0. The Morgan fingerprint density at radius 3 is 2.57 bits per heavy atom. The number of benzene rings is 1. The van der Waals surface area contributed by atoms with Gasteiger partial charge < -0.3 is 14.7 Å². The molecule has 0 bridgehead atoms. The summed E-state index contributed by atoms with van der Waals surface area (Å²) in [7, 11) is 0. The lowest BCUT2D eigenvalue weighted by Crippen LogP contribution is -2.56. The van der Waals surface area contributed by atoms with Crippen molar-refractivity contribution in [3.05, 3.63) is 35.9 Å². The lowest BCUT2D eigenvalue weighted by molar-refractivity contribution is -0.149. The molecule has 2 N–H and O–H groups in total. The molecule has 30 heavy (non-hydrogen) atoms. The van der Waals surface area contributed by atoms with Crippen LogP contribution in [0.25, 0.3) is 0 Å². The molecule has 0 aliphatic carbocycles. The molecule has 3 unspecified atom stereocenters. The van der Waals surface area contributed by atoms with Gasteiger partial charge in [-0.1, -0.05) is 44.2 Å². The van der Waals surface area contributed by atoms with Crippen molar-refractivity contribution in [1.82, 2.24) is 10.2 Å². The van der Waals surface area contributed by atoms with E-state index >= 15 is 0 Å². The Kier molecular flexibility index (Phi) is 9.65. The third-order valence-electron chi connectivity index (χ3n) is 5.17. The number of nitrogens with one attached hydrogen (secondary N) is 1. The Labute approximate surface area is 182 Å². The Balaban J connectivity index is 2.16. The first-order valence-corrected chi connectivity index (χ1v) is 11.6. The molecule has 166 valence electrons. The summed E-state index contributed by atoms with van der Waals surface area (Å²) >= 11 is 1.61. The average molecular weight is 437 g/mol. The molecule has 0 radical (unpaired) electrons. The fraction of sp³-hybridized carbons (Fsp3) is 0.591. The second-order valence-electron chi connectivity index (χ2n) is 7.76. The van der Waals surface area contributed by atoms with Crippen LogP contribution in [0.1, 0.15) is 32.8 Å². The highest BCUT2D eigenvalue weighted by molar-refractivity contribution is 7.99. The number of carbonyl (C=O) groups is 3. The number of carboxylic acid groups (broad SMARTS) is 1. The number of carboxylic acids is 1. The minimum atomic E-state index is -1.04. The molecule has 8 heteroatoms. The van der Waals surface area contributed by atoms with E-state index < -0.39 is 18.1 Å². The van der Waals surface area contributed by atoms with E-state index in [4.69, 9.17) is 4.74 Å². The minimum absolute atomic E-state index is 0.137. The van der Waals surface area contributed by atoms with Crippen molar-refractivity contribution in [3.8, 4) is 0 Å². The summed E-state index contributed by atoms with van der Waals surface area (Å²) in [4.78, 5) is 38.6. The van der Waals surface area contributed by atoms with E-state index in [-0.39, 0.29) is 37.0 Å². The summed E-state index contributed by atoms with van der Waals surface area (Å²) in [6, 6.07) is 8.40. The van der Waals surface area contributed by atoms with E-state index in [9.17, 15) is 19.5 Å². The number of thioether (sulfide) groups is 1. The Morgan fingerprint density at radius 1 is 1.27 bits per heavy atom. The smallest absolute Gasteiger partial charge is 0.323 e. The van der Waals surface area contributed by atoms with Crippen molar-refractivity contribution >= 4 is 29.6 Å². The molecule has 1 saturated heterocycles. The van der Waals surface area contributed by atoms with Crippen LogP contribution in [0.5, 0.6) is 0 Å². The summed E-state index contributed by atoms with van der Waals surface area (Å²) in [5.41, 5.74) is 1.10. The van der Waals surface area contributed by atoms with Crippen molar-refractivity contribution in [2.45, 2.75) is 51.7 Å². The van der Waals surface area contributed by atoms with E-state index in [0.717, 1.165) is 5.56 Å². The van der Waals surface area contributed by atoms with Crippen LogP contribution in [-0.4, -0.2) is 70.6 Å². The summed E-state index contributed by atoms with van der Waals surface area (Å²) in [6.45, 7) is 5.65. The topological polar surface area (TPSA) is 95.9 Å². The number of rotatable bonds is 10. The fourth-order valence-electron chi connectivity index (χ4n) is 3.55. The van der Waals surface area contributed by atoms with Crippen LogP contribution in [0.3, 0.4) is 0 Å². The first-order chi connectivity index (χ1) is 14.3. The molecule has 1 heterocycles. The van der Waals surface area contributed by atoms with Crippen LogP contribution in [-0.2, 0) is 25.5 Å². The van der Waals surface area contributed by atoms with E-state index in [1.54, 1.807) is 18.7 Å². The largest absolute Gasteiger partial charge is 0.480 e. The van der Waals surface area contributed by atoms with Gasteiger partial charge in [-0.25, -0.2) is 0 Å². The highest BCUT2D eigenvalue weighted by Crippen LogP contribution is 2.23. The summed E-state index contributed by atoms with van der Waals surface area (Å²) in [6.07, 6.45) is 1.16. The molecule has 1 aliphatic heterocycles. The van der Waals surface area contributed by atoms with E-state index in [1.165, 1.54) is 4.90 Å². The molecular formula is C22H32N2O5S. The Morgan fingerprint density at radius 2 is 1.97 bits per heavy atom. The number of esters is 1. The van der Waals surface area contributed by atoms with Gasteiger partial charge in [-0.05, 0) is 31.2 Å². The maximum Gasteiger partial charge on any atom is 0.323 e. The van der Waals surface area contributed by atoms with Crippen molar-refractivity contribution in [1.29, 1.82) is 0 Å². The van der Waals surface area contributed by atoms with E-state index in [2.05, 4.69) is 5.32 Å². The minimum Gasteiger partial charge on any atom is -0.480 e. The Hall–Kier alpha value is -2.06. The predicted octanol–water partition coefficient (Wildman–Crippen LogP) is 2.19. The van der Waals surface area contributed by atoms with Crippen LogP contribution in [0.2, 0.25) is 0 Å². The Bertz CT molecular complexity index is 713. The molecule has 1 aromatic rings. The van der Waals surface area contributed by atoms with Gasteiger partial charge >= 0.3 is 11.9 Å². The van der Waals surface area contributed by atoms with Crippen LogP contribution in [0, 0.1) is 5.92 Å². The number of hydrogen-bond acceptors (Lipinski definition) is 6. The van der Waals surface area contributed by atoms with Crippen LogP contribution in [0.15, 0.2) is 30.3 Å². The molecule has 7 nitrogen and oxygen atoms in total. The zero-order chi connectivity index (χ0) is 22.1. The highest BCUT2D eigenvalue weighted by Gasteiger charge is 2.37. The van der Waals surface area contributed by atoms with Gasteiger partial charge in [-0.3, -0.25) is 19.7 Å². The van der Waals surface area contributed by atoms with Crippen molar-refractivity contribution in [2.75, 3.05) is 24.7 Å². The van der Waals surface area contributed by atoms with Crippen molar-refractivity contribution in [3.63, 3.8) is 0 Å². The SMILES string of the molecule is CCOC(=O)C(CCc1ccccc1)NC1CSCC(C(C)C)N(CC(=O)O)C1=O. The van der Waals surface area contributed by atoms with Gasteiger partial charge in [0.2, 0.25) is 5.91 Å². The van der Waals surface area contributed by atoms with Crippen molar-refractivity contribution < 1.29 is 24.2 Å². The number of hydrogen-bond donors (Lipinski definition) is 2. The van der Waals surface area contributed by atoms with Gasteiger partial charge in [0, 0.05) is 17.5 Å². The zero-order valence-corrected chi connectivity index (χ0v) is 18.7. The molecule has 0 aromatic heterocycles. The normalized spacial score (nSPS) is 20.7. The molecule has 1 aliphatic rings. The van der Waals surface area contributed by atoms with Gasteiger partial charge in [0.1, 0.15) is 12.6 Å². The average Bonchev–Trinajstić information content (AvgIpc) is 2.85. The van der Waals surface area contributed by atoms with Gasteiger partial charge in [0.25, 0.3) is 0 Å². The summed E-state index contributed by atoms with van der Waals surface area (Å²) < 4.78 is 5.22. The molecule has 1 amide bonds. The molecule has 0 saturated carbocycles. The molecule has 1 fully saturated rings. The number of nitrogens with zero attached hydrogens (tertiary/aromatic N) is 1. The third-order valence-corrected chi connectivity index (χ3v) is 6.31. The summed E-state index contributed by atoms with van der Waals surface area (Å²) in [5, 5.41) is 12.5. The number of carbonyl (C=O) groups excluding carboxylic acids is 2. The zero-order valence-electron chi connectivity index (χ0n) is 17.9. The maximum absolute atomic E-state index is 13.2. The van der Waals surface area contributed by atoms with Crippen LogP contribution >= 0.6 is 11.8 Å². The van der Waals surface area contributed by atoms with Gasteiger partial charge in [-0.2, -0.15) is 11.8 Å². The first kappa shape index (κ1) is 24.2. The monoisotopic (exact) mass is 436 g/mol. The van der Waals surface area contributed by atoms with E-state index in [0.29, 0.717) is 24.3 Å². The number of amides is 1. The van der Waals surface area contributed by atoms with Crippen LogP contribution in [0.4, 0.5) is 0 Å².